The summed E-state index contributed by atoms with van der Waals surface area (Å²) in [5.74, 6) is -0.602. The Morgan fingerprint density at radius 1 is 1.00 bits per heavy atom. The number of rotatable bonds is 5. The number of carboxylic acid groups (broad SMARTS) is 1. The predicted octanol–water partition coefficient (Wildman–Crippen LogP) is 1.97. The molecule has 2 fully saturated rings. The van der Waals surface area contributed by atoms with Crippen molar-refractivity contribution in [3.63, 3.8) is 0 Å². The molecule has 21 heavy (non-hydrogen) atoms. The number of hydrogen-bond donors (Lipinski definition) is 1. The number of carboxylic acids is 1. The van der Waals surface area contributed by atoms with Crippen LogP contribution < -0.4 is 0 Å². The summed E-state index contributed by atoms with van der Waals surface area (Å²) in [6, 6.07) is 0. The normalized spacial score (nSPS) is 23.0. The number of piperazine rings is 1. The van der Waals surface area contributed by atoms with Crippen molar-refractivity contribution in [1.82, 2.24) is 9.80 Å². The van der Waals surface area contributed by atoms with Gasteiger partial charge < -0.3 is 14.9 Å². The van der Waals surface area contributed by atoms with E-state index in [2.05, 4.69) is 11.8 Å². The summed E-state index contributed by atoms with van der Waals surface area (Å²) < 4.78 is 0. The van der Waals surface area contributed by atoms with Crippen molar-refractivity contribution in [1.29, 1.82) is 0 Å². The van der Waals surface area contributed by atoms with Gasteiger partial charge in [-0.1, -0.05) is 26.2 Å². The van der Waals surface area contributed by atoms with Gasteiger partial charge in [-0.3, -0.25) is 9.59 Å². The Morgan fingerprint density at radius 2 is 1.62 bits per heavy atom. The van der Waals surface area contributed by atoms with Crippen molar-refractivity contribution in [2.75, 3.05) is 32.7 Å². The molecule has 1 saturated heterocycles. The van der Waals surface area contributed by atoms with E-state index >= 15 is 0 Å². The molecule has 1 amide bonds. The lowest BCUT2D eigenvalue weighted by atomic mass is 9.69. The van der Waals surface area contributed by atoms with Crippen molar-refractivity contribution in [2.24, 2.45) is 5.41 Å². The minimum absolute atomic E-state index is 0.146. The minimum atomic E-state index is -0.763. The van der Waals surface area contributed by atoms with Crippen LogP contribution in [0.3, 0.4) is 0 Å². The first-order chi connectivity index (χ1) is 10.0. The van der Waals surface area contributed by atoms with Crippen molar-refractivity contribution in [3.8, 4) is 0 Å². The van der Waals surface area contributed by atoms with Crippen LogP contribution in [0.5, 0.6) is 0 Å². The molecular weight excluding hydrogens is 268 g/mol. The summed E-state index contributed by atoms with van der Waals surface area (Å²) >= 11 is 0. The first-order valence-electron chi connectivity index (χ1n) is 8.27. The minimum Gasteiger partial charge on any atom is -0.481 e. The van der Waals surface area contributed by atoms with Crippen LogP contribution in [0.25, 0.3) is 0 Å². The van der Waals surface area contributed by atoms with Gasteiger partial charge in [-0.05, 0) is 24.8 Å². The van der Waals surface area contributed by atoms with Crippen LogP contribution in [0.4, 0.5) is 0 Å². The number of carbonyl (C=O) groups is 2. The van der Waals surface area contributed by atoms with Gasteiger partial charge in [0.2, 0.25) is 5.91 Å². The molecule has 2 rings (SSSR count). The lowest BCUT2D eigenvalue weighted by molar-refractivity contribution is -0.143. The van der Waals surface area contributed by atoms with Gasteiger partial charge in [0.25, 0.3) is 0 Å². The Hall–Kier alpha value is -1.10. The molecule has 0 unspecified atom stereocenters. The van der Waals surface area contributed by atoms with Crippen molar-refractivity contribution in [2.45, 2.75) is 51.9 Å². The lowest BCUT2D eigenvalue weighted by Crippen LogP contribution is -2.49. The number of nitrogens with zero attached hydrogens (tertiary/aromatic N) is 2. The molecule has 1 aliphatic carbocycles. The molecule has 120 valence electrons. The van der Waals surface area contributed by atoms with Gasteiger partial charge in [-0.2, -0.15) is 0 Å². The van der Waals surface area contributed by atoms with Crippen LogP contribution >= 0.6 is 0 Å². The molecule has 1 aliphatic heterocycles. The van der Waals surface area contributed by atoms with Crippen molar-refractivity contribution >= 4 is 11.9 Å². The van der Waals surface area contributed by atoms with Crippen molar-refractivity contribution in [3.05, 3.63) is 0 Å². The largest absolute Gasteiger partial charge is 0.481 e. The van der Waals surface area contributed by atoms with Gasteiger partial charge >= 0.3 is 5.97 Å². The standard InChI is InChI=1S/C16H28N2O3/c1-2-17-8-10-18(11-9-17)14(19)12-16(13-15(20)21)6-4-3-5-7-16/h2-13H2,1H3,(H,20,21). The Bertz CT molecular complexity index is 370. The molecular formula is C16H28N2O3. The summed E-state index contributed by atoms with van der Waals surface area (Å²) in [6.45, 7) is 6.63. The fraction of sp³-hybridized carbons (Fsp3) is 0.875. The highest BCUT2D eigenvalue weighted by Gasteiger charge is 2.37. The second-order valence-electron chi connectivity index (χ2n) is 6.62. The van der Waals surface area contributed by atoms with Crippen LogP contribution in [0, 0.1) is 5.41 Å². The van der Waals surface area contributed by atoms with Crippen LogP contribution in [0.15, 0.2) is 0 Å². The number of carbonyl (C=O) groups excluding carboxylic acids is 1. The van der Waals surface area contributed by atoms with E-state index in [4.69, 9.17) is 0 Å². The second kappa shape index (κ2) is 7.25. The van der Waals surface area contributed by atoms with Crippen molar-refractivity contribution < 1.29 is 14.7 Å². The molecule has 5 nitrogen and oxygen atoms in total. The first kappa shape index (κ1) is 16.3. The highest BCUT2D eigenvalue weighted by molar-refractivity contribution is 5.78. The molecule has 5 heteroatoms. The van der Waals surface area contributed by atoms with E-state index < -0.39 is 5.97 Å². The fourth-order valence-corrected chi connectivity index (χ4v) is 3.78. The van der Waals surface area contributed by atoms with Gasteiger partial charge in [0.05, 0.1) is 6.42 Å². The van der Waals surface area contributed by atoms with Crippen LogP contribution in [0.2, 0.25) is 0 Å². The molecule has 0 atom stereocenters. The fourth-order valence-electron chi connectivity index (χ4n) is 3.78. The number of aliphatic carboxylic acids is 1. The maximum Gasteiger partial charge on any atom is 0.303 e. The van der Waals surface area contributed by atoms with E-state index in [1.807, 2.05) is 4.90 Å². The smallest absolute Gasteiger partial charge is 0.303 e. The molecule has 1 saturated carbocycles. The third kappa shape index (κ3) is 4.43. The van der Waals surface area contributed by atoms with E-state index in [0.29, 0.717) is 6.42 Å². The number of likely N-dealkylation sites (N-methyl/N-ethyl adjacent to an activating group) is 1. The average Bonchev–Trinajstić information content (AvgIpc) is 2.47. The Balaban J connectivity index is 1.93. The summed E-state index contributed by atoms with van der Waals surface area (Å²) in [5.41, 5.74) is -0.289. The van der Waals surface area contributed by atoms with Gasteiger partial charge in [-0.25, -0.2) is 0 Å². The highest BCUT2D eigenvalue weighted by atomic mass is 16.4. The predicted molar refractivity (Wildman–Crippen MR) is 81.1 cm³/mol. The summed E-state index contributed by atoms with van der Waals surface area (Å²) in [5, 5.41) is 9.19. The SMILES string of the molecule is CCN1CCN(C(=O)CC2(CC(=O)O)CCCCC2)CC1. The molecule has 0 radical (unpaired) electrons. The van der Waals surface area contributed by atoms with E-state index in [1.54, 1.807) is 0 Å². The quantitative estimate of drug-likeness (QED) is 0.842. The Morgan fingerprint density at radius 3 is 2.14 bits per heavy atom. The van der Waals surface area contributed by atoms with Crippen LogP contribution in [0.1, 0.15) is 51.9 Å². The summed E-state index contributed by atoms with van der Waals surface area (Å²) in [7, 11) is 0. The van der Waals surface area contributed by atoms with Gasteiger partial charge in [0.1, 0.15) is 0 Å². The molecule has 0 bridgehead atoms. The Labute approximate surface area is 127 Å². The average molecular weight is 296 g/mol. The van der Waals surface area contributed by atoms with E-state index in [1.165, 1.54) is 6.42 Å². The zero-order valence-electron chi connectivity index (χ0n) is 13.1. The lowest BCUT2D eigenvalue weighted by Gasteiger charge is -2.39. The maximum absolute atomic E-state index is 12.6. The maximum atomic E-state index is 12.6. The Kier molecular flexibility index (Phi) is 5.62. The molecule has 0 spiro atoms. The highest BCUT2D eigenvalue weighted by Crippen LogP contribution is 2.42. The molecule has 0 aromatic carbocycles. The first-order valence-corrected chi connectivity index (χ1v) is 8.27. The molecule has 0 aromatic heterocycles. The van der Waals surface area contributed by atoms with Gasteiger partial charge in [-0.15, -0.1) is 0 Å². The third-order valence-electron chi connectivity index (χ3n) is 5.14. The van der Waals surface area contributed by atoms with Crippen LogP contribution in [-0.2, 0) is 9.59 Å². The number of amides is 1. The molecule has 1 heterocycles. The second-order valence-corrected chi connectivity index (χ2v) is 6.62. The third-order valence-corrected chi connectivity index (χ3v) is 5.14. The van der Waals surface area contributed by atoms with Gasteiger partial charge in [0, 0.05) is 32.6 Å². The zero-order valence-corrected chi connectivity index (χ0v) is 13.1. The molecule has 0 aromatic rings. The molecule has 2 aliphatic rings. The topological polar surface area (TPSA) is 60.9 Å². The summed E-state index contributed by atoms with van der Waals surface area (Å²) in [4.78, 5) is 28.0. The zero-order chi connectivity index (χ0) is 15.3. The summed E-state index contributed by atoms with van der Waals surface area (Å²) in [6.07, 6.45) is 5.64. The van der Waals surface area contributed by atoms with E-state index in [9.17, 15) is 14.7 Å². The van der Waals surface area contributed by atoms with Crippen LogP contribution in [-0.4, -0.2) is 59.5 Å². The number of hydrogen-bond acceptors (Lipinski definition) is 3. The van der Waals surface area contributed by atoms with E-state index in [-0.39, 0.29) is 17.7 Å². The molecule has 1 N–H and O–H groups in total. The monoisotopic (exact) mass is 296 g/mol. The van der Waals surface area contributed by atoms with E-state index in [0.717, 1.165) is 58.4 Å². The van der Waals surface area contributed by atoms with Gasteiger partial charge in [0.15, 0.2) is 0 Å².